The third kappa shape index (κ3) is 2.94. The number of hydrogen-bond donors (Lipinski definition) is 0. The highest BCUT2D eigenvalue weighted by Gasteiger charge is 2.34. The summed E-state index contributed by atoms with van der Waals surface area (Å²) in [6.45, 7) is 0.286. The van der Waals surface area contributed by atoms with Crippen molar-refractivity contribution in [2.24, 2.45) is 5.92 Å². The number of piperidine rings is 1. The molecule has 0 amide bonds. The van der Waals surface area contributed by atoms with E-state index in [1.54, 1.807) is 0 Å². The minimum Gasteiger partial charge on any atom is -0.207 e. The van der Waals surface area contributed by atoms with Crippen LogP contribution in [-0.4, -0.2) is 31.7 Å². The van der Waals surface area contributed by atoms with E-state index in [1.807, 2.05) is 0 Å². The van der Waals surface area contributed by atoms with Gasteiger partial charge in [0, 0.05) is 31.1 Å². The van der Waals surface area contributed by atoms with Gasteiger partial charge >= 0.3 is 0 Å². The third-order valence-corrected chi connectivity index (χ3v) is 5.61. The van der Waals surface area contributed by atoms with Gasteiger partial charge in [-0.05, 0) is 18.8 Å². The van der Waals surface area contributed by atoms with Crippen molar-refractivity contribution < 1.29 is 21.6 Å². The highest BCUT2D eigenvalue weighted by Crippen LogP contribution is 2.28. The molecule has 1 fully saturated rings. The highest BCUT2D eigenvalue weighted by atomic mass is 35.5. The van der Waals surface area contributed by atoms with Gasteiger partial charge in [-0.15, -0.1) is 11.6 Å². The van der Waals surface area contributed by atoms with Crippen LogP contribution in [0.3, 0.4) is 0 Å². The van der Waals surface area contributed by atoms with E-state index in [2.05, 4.69) is 0 Å². The Labute approximate surface area is 120 Å². The van der Waals surface area contributed by atoms with Crippen LogP contribution in [0.2, 0.25) is 0 Å². The Bertz CT molecular complexity index is 586. The standard InChI is InChI=1S/C12H13ClF3NO2S/c13-6-8-2-1-3-17(7-8)20(18,19)12-10(15)4-9(14)5-11(12)16/h4-5,8H,1-3,6-7H2. The van der Waals surface area contributed by atoms with Gasteiger partial charge in [0.25, 0.3) is 0 Å². The Morgan fingerprint density at radius 1 is 1.25 bits per heavy atom. The van der Waals surface area contributed by atoms with Gasteiger partial charge in [0.2, 0.25) is 10.0 Å². The zero-order valence-electron chi connectivity index (χ0n) is 10.5. The fourth-order valence-electron chi connectivity index (χ4n) is 2.28. The zero-order valence-corrected chi connectivity index (χ0v) is 12.0. The number of alkyl halides is 1. The van der Waals surface area contributed by atoms with Crippen molar-refractivity contribution in [1.82, 2.24) is 4.31 Å². The fourth-order valence-corrected chi connectivity index (χ4v) is 4.17. The SMILES string of the molecule is O=S(=O)(c1c(F)cc(F)cc1F)N1CCCC(CCl)C1. The van der Waals surface area contributed by atoms with Gasteiger partial charge in [0.05, 0.1) is 0 Å². The number of nitrogens with zero attached hydrogens (tertiary/aromatic N) is 1. The lowest BCUT2D eigenvalue weighted by Gasteiger charge is -2.31. The van der Waals surface area contributed by atoms with E-state index in [1.165, 1.54) is 0 Å². The molecule has 1 heterocycles. The average Bonchev–Trinajstić information content (AvgIpc) is 2.37. The van der Waals surface area contributed by atoms with Crippen LogP contribution in [0.4, 0.5) is 13.2 Å². The second-order valence-electron chi connectivity index (χ2n) is 4.72. The number of rotatable bonds is 3. The van der Waals surface area contributed by atoms with Crippen molar-refractivity contribution in [3.8, 4) is 0 Å². The Balaban J connectivity index is 2.40. The van der Waals surface area contributed by atoms with E-state index >= 15 is 0 Å². The Kier molecular flexibility index (Phi) is 4.61. The maximum Gasteiger partial charge on any atom is 0.248 e. The van der Waals surface area contributed by atoms with Crippen LogP contribution in [0, 0.1) is 23.4 Å². The van der Waals surface area contributed by atoms with Gasteiger partial charge in [-0.2, -0.15) is 4.31 Å². The molecule has 0 N–H and O–H groups in total. The molecule has 1 aromatic rings. The molecule has 1 aliphatic rings. The lowest BCUT2D eigenvalue weighted by Crippen LogP contribution is -2.41. The van der Waals surface area contributed by atoms with Crippen LogP contribution in [0.1, 0.15) is 12.8 Å². The van der Waals surface area contributed by atoms with E-state index in [-0.39, 0.29) is 24.9 Å². The smallest absolute Gasteiger partial charge is 0.207 e. The summed E-state index contributed by atoms with van der Waals surface area (Å²) >= 11 is 5.71. The quantitative estimate of drug-likeness (QED) is 0.801. The van der Waals surface area contributed by atoms with E-state index < -0.39 is 32.4 Å². The van der Waals surface area contributed by atoms with Gasteiger partial charge in [0.1, 0.15) is 17.5 Å². The molecule has 0 spiro atoms. The van der Waals surface area contributed by atoms with Gasteiger partial charge in [0.15, 0.2) is 4.90 Å². The molecule has 2 rings (SSSR count). The molecule has 20 heavy (non-hydrogen) atoms. The molecule has 0 aliphatic carbocycles. The lowest BCUT2D eigenvalue weighted by molar-refractivity contribution is 0.281. The number of halogens is 4. The highest BCUT2D eigenvalue weighted by molar-refractivity contribution is 7.89. The third-order valence-electron chi connectivity index (χ3n) is 3.26. The Morgan fingerprint density at radius 3 is 2.40 bits per heavy atom. The second kappa shape index (κ2) is 5.91. The molecular weight excluding hydrogens is 315 g/mol. The molecule has 112 valence electrons. The van der Waals surface area contributed by atoms with E-state index in [0.717, 1.165) is 10.7 Å². The molecular formula is C12H13ClF3NO2S. The minimum absolute atomic E-state index is 0.0493. The molecule has 3 nitrogen and oxygen atoms in total. The largest absolute Gasteiger partial charge is 0.248 e. The van der Waals surface area contributed by atoms with Crippen molar-refractivity contribution in [2.75, 3.05) is 19.0 Å². The summed E-state index contributed by atoms with van der Waals surface area (Å²) in [5, 5.41) is 0. The van der Waals surface area contributed by atoms with Crippen molar-refractivity contribution in [3.63, 3.8) is 0 Å². The van der Waals surface area contributed by atoms with Crippen LogP contribution >= 0.6 is 11.6 Å². The summed E-state index contributed by atoms with van der Waals surface area (Å²) in [6, 6.07) is 0.720. The maximum atomic E-state index is 13.6. The van der Waals surface area contributed by atoms with Crippen LogP contribution < -0.4 is 0 Å². The van der Waals surface area contributed by atoms with Crippen molar-refractivity contribution >= 4 is 21.6 Å². The summed E-state index contributed by atoms with van der Waals surface area (Å²) in [7, 11) is -4.33. The first-order chi connectivity index (χ1) is 9.36. The Hall–Kier alpha value is -0.790. The average molecular weight is 328 g/mol. The second-order valence-corrected chi connectivity index (χ2v) is 6.91. The van der Waals surface area contributed by atoms with Gasteiger partial charge in [-0.1, -0.05) is 0 Å². The molecule has 0 aromatic heterocycles. The minimum atomic E-state index is -4.33. The number of benzene rings is 1. The molecule has 1 atom stereocenters. The van der Waals surface area contributed by atoms with Gasteiger partial charge in [-0.3, -0.25) is 0 Å². The number of hydrogen-bond acceptors (Lipinski definition) is 2. The molecule has 1 aliphatic heterocycles. The molecule has 0 radical (unpaired) electrons. The summed E-state index contributed by atoms with van der Waals surface area (Å²) < 4.78 is 65.7. The summed E-state index contributed by atoms with van der Waals surface area (Å²) in [6.07, 6.45) is 1.34. The molecule has 0 bridgehead atoms. The van der Waals surface area contributed by atoms with Crippen LogP contribution in [-0.2, 0) is 10.0 Å². The first-order valence-corrected chi connectivity index (χ1v) is 8.04. The molecule has 0 saturated carbocycles. The predicted molar refractivity (Wildman–Crippen MR) is 68.5 cm³/mol. The summed E-state index contributed by atoms with van der Waals surface area (Å²) in [5.41, 5.74) is 0. The van der Waals surface area contributed by atoms with E-state index in [4.69, 9.17) is 11.6 Å². The van der Waals surface area contributed by atoms with Gasteiger partial charge < -0.3 is 0 Å². The monoisotopic (exact) mass is 327 g/mol. The topological polar surface area (TPSA) is 37.4 Å². The zero-order chi connectivity index (χ0) is 14.9. The van der Waals surface area contributed by atoms with Crippen LogP contribution in [0.15, 0.2) is 17.0 Å². The summed E-state index contributed by atoms with van der Waals surface area (Å²) in [5.74, 6) is -3.77. The number of sulfonamides is 1. The molecule has 1 saturated heterocycles. The van der Waals surface area contributed by atoms with Crippen molar-refractivity contribution in [2.45, 2.75) is 17.7 Å². The molecule has 1 unspecified atom stereocenters. The lowest BCUT2D eigenvalue weighted by atomic mass is 10.0. The summed E-state index contributed by atoms with van der Waals surface area (Å²) in [4.78, 5) is -1.10. The van der Waals surface area contributed by atoms with E-state index in [0.29, 0.717) is 18.6 Å². The van der Waals surface area contributed by atoms with Crippen molar-refractivity contribution in [1.29, 1.82) is 0 Å². The van der Waals surface area contributed by atoms with Crippen LogP contribution in [0.5, 0.6) is 0 Å². The Morgan fingerprint density at radius 2 is 1.85 bits per heavy atom. The first kappa shape index (κ1) is 15.6. The molecule has 1 aromatic carbocycles. The maximum absolute atomic E-state index is 13.6. The normalized spacial score (nSPS) is 21.1. The van der Waals surface area contributed by atoms with E-state index in [9.17, 15) is 21.6 Å². The van der Waals surface area contributed by atoms with Crippen LogP contribution in [0.25, 0.3) is 0 Å². The van der Waals surface area contributed by atoms with Gasteiger partial charge in [-0.25, -0.2) is 21.6 Å². The first-order valence-electron chi connectivity index (χ1n) is 6.07. The molecule has 8 heteroatoms. The predicted octanol–water partition coefficient (Wildman–Crippen LogP) is 2.74. The van der Waals surface area contributed by atoms with Crippen molar-refractivity contribution in [3.05, 3.63) is 29.6 Å². The fraction of sp³-hybridized carbons (Fsp3) is 0.500.